The van der Waals surface area contributed by atoms with Crippen molar-refractivity contribution in [1.29, 1.82) is 0 Å². The number of hydrogen-bond acceptors (Lipinski definition) is 2. The third-order valence-corrected chi connectivity index (χ3v) is 2.91. The van der Waals surface area contributed by atoms with Gasteiger partial charge >= 0.3 is 0 Å². The van der Waals surface area contributed by atoms with Crippen LogP contribution in [0.2, 0.25) is 0 Å². The monoisotopic (exact) mass is 220 g/mol. The Morgan fingerprint density at radius 1 is 1.19 bits per heavy atom. The second kappa shape index (κ2) is 7.42. The van der Waals surface area contributed by atoms with E-state index in [1.165, 1.54) is 11.1 Å². The van der Waals surface area contributed by atoms with Gasteiger partial charge in [-0.2, -0.15) is 0 Å². The Labute approximate surface area is 99.7 Å². The summed E-state index contributed by atoms with van der Waals surface area (Å²) >= 11 is 0. The van der Waals surface area contributed by atoms with Gasteiger partial charge in [0.25, 0.3) is 0 Å². The summed E-state index contributed by atoms with van der Waals surface area (Å²) in [6.45, 7) is 12.0. The van der Waals surface area contributed by atoms with Gasteiger partial charge in [0.1, 0.15) is 0 Å². The molecular weight excluding hydrogens is 196 g/mol. The Kier molecular flexibility index (Phi) is 6.12. The lowest BCUT2D eigenvalue weighted by molar-refractivity contribution is 0.302. The van der Waals surface area contributed by atoms with Gasteiger partial charge in [0.05, 0.1) is 0 Å². The summed E-state index contributed by atoms with van der Waals surface area (Å²) in [6, 6.07) is 8.68. The topological polar surface area (TPSA) is 15.3 Å². The molecule has 0 saturated heterocycles. The van der Waals surface area contributed by atoms with Crippen molar-refractivity contribution in [2.75, 3.05) is 26.2 Å². The first-order valence-electron chi connectivity index (χ1n) is 6.24. The first-order valence-corrected chi connectivity index (χ1v) is 6.24. The lowest BCUT2D eigenvalue weighted by atomic mass is 10.1. The minimum Gasteiger partial charge on any atom is -0.311 e. The molecule has 1 rings (SSSR count). The minimum atomic E-state index is 0.975. The van der Waals surface area contributed by atoms with Gasteiger partial charge in [-0.05, 0) is 25.6 Å². The zero-order valence-corrected chi connectivity index (χ0v) is 10.8. The normalized spacial score (nSPS) is 11.0. The van der Waals surface area contributed by atoms with Crippen LogP contribution in [0.4, 0.5) is 0 Å². The average Bonchev–Trinajstić information content (AvgIpc) is 2.29. The molecule has 16 heavy (non-hydrogen) atoms. The quantitative estimate of drug-likeness (QED) is 0.710. The Bertz CT molecular complexity index is 293. The highest BCUT2D eigenvalue weighted by Gasteiger charge is 1.98. The van der Waals surface area contributed by atoms with E-state index in [9.17, 15) is 0 Å². The van der Waals surface area contributed by atoms with Crippen molar-refractivity contribution in [3.8, 4) is 0 Å². The lowest BCUT2D eigenvalue weighted by Gasteiger charge is -2.18. The number of rotatable bonds is 7. The summed E-state index contributed by atoms with van der Waals surface area (Å²) in [5, 5.41) is 3.49. The Morgan fingerprint density at radius 3 is 2.56 bits per heavy atom. The highest BCUT2D eigenvalue weighted by molar-refractivity contribution is 5.21. The SMILES string of the molecule is CCN(CC)CCNCc1cccc(C)c1. The van der Waals surface area contributed by atoms with E-state index >= 15 is 0 Å². The standard InChI is InChI=1S/C14H24N2/c1-4-16(5-2)10-9-15-12-14-8-6-7-13(3)11-14/h6-8,11,15H,4-5,9-10,12H2,1-3H3. The third-order valence-electron chi connectivity index (χ3n) is 2.91. The van der Waals surface area contributed by atoms with E-state index in [1.54, 1.807) is 0 Å². The summed E-state index contributed by atoms with van der Waals surface area (Å²) in [5.41, 5.74) is 2.71. The number of likely N-dealkylation sites (N-methyl/N-ethyl adjacent to an activating group) is 1. The minimum absolute atomic E-state index is 0.975. The van der Waals surface area contributed by atoms with Crippen LogP contribution in [0.25, 0.3) is 0 Å². The third kappa shape index (κ3) is 4.77. The van der Waals surface area contributed by atoms with Gasteiger partial charge in [-0.15, -0.1) is 0 Å². The maximum Gasteiger partial charge on any atom is 0.0206 e. The predicted molar refractivity (Wildman–Crippen MR) is 70.7 cm³/mol. The molecule has 1 aromatic rings. The fourth-order valence-electron chi connectivity index (χ4n) is 1.83. The van der Waals surface area contributed by atoms with Crippen LogP contribution < -0.4 is 5.32 Å². The number of benzene rings is 1. The highest BCUT2D eigenvalue weighted by atomic mass is 15.1. The Hall–Kier alpha value is -0.860. The molecule has 0 saturated carbocycles. The number of hydrogen-bond donors (Lipinski definition) is 1. The predicted octanol–water partition coefficient (Wildman–Crippen LogP) is 2.43. The molecule has 1 N–H and O–H groups in total. The molecule has 0 unspecified atom stereocenters. The van der Waals surface area contributed by atoms with Gasteiger partial charge in [-0.25, -0.2) is 0 Å². The molecule has 90 valence electrons. The molecule has 0 bridgehead atoms. The van der Waals surface area contributed by atoms with Crippen LogP contribution in [0.15, 0.2) is 24.3 Å². The molecular formula is C14H24N2. The van der Waals surface area contributed by atoms with Crippen molar-refractivity contribution in [2.24, 2.45) is 0 Å². The van der Waals surface area contributed by atoms with Crippen LogP contribution >= 0.6 is 0 Å². The number of nitrogens with zero attached hydrogens (tertiary/aromatic N) is 1. The molecule has 0 spiro atoms. The van der Waals surface area contributed by atoms with Gasteiger partial charge in [-0.1, -0.05) is 43.7 Å². The van der Waals surface area contributed by atoms with Gasteiger partial charge in [0.2, 0.25) is 0 Å². The van der Waals surface area contributed by atoms with Crippen molar-refractivity contribution in [2.45, 2.75) is 27.3 Å². The van der Waals surface area contributed by atoms with Crippen molar-refractivity contribution in [3.05, 3.63) is 35.4 Å². The Morgan fingerprint density at radius 2 is 1.94 bits per heavy atom. The maximum absolute atomic E-state index is 3.49. The van der Waals surface area contributed by atoms with Crippen LogP contribution in [-0.4, -0.2) is 31.1 Å². The first kappa shape index (κ1) is 13.2. The van der Waals surface area contributed by atoms with Gasteiger partial charge in [0.15, 0.2) is 0 Å². The first-order chi connectivity index (χ1) is 7.76. The van der Waals surface area contributed by atoms with Gasteiger partial charge < -0.3 is 10.2 Å². The average molecular weight is 220 g/mol. The lowest BCUT2D eigenvalue weighted by Crippen LogP contribution is -2.31. The molecule has 0 aliphatic heterocycles. The van der Waals surface area contributed by atoms with E-state index in [2.05, 4.69) is 55.3 Å². The largest absolute Gasteiger partial charge is 0.311 e. The summed E-state index contributed by atoms with van der Waals surface area (Å²) in [7, 11) is 0. The van der Waals surface area contributed by atoms with E-state index in [4.69, 9.17) is 0 Å². The summed E-state index contributed by atoms with van der Waals surface area (Å²) < 4.78 is 0. The smallest absolute Gasteiger partial charge is 0.0206 e. The molecule has 0 fully saturated rings. The molecule has 2 nitrogen and oxygen atoms in total. The van der Waals surface area contributed by atoms with E-state index in [0.717, 1.165) is 32.7 Å². The summed E-state index contributed by atoms with van der Waals surface area (Å²) in [4.78, 5) is 2.43. The van der Waals surface area contributed by atoms with E-state index < -0.39 is 0 Å². The second-order valence-electron chi connectivity index (χ2n) is 4.19. The summed E-state index contributed by atoms with van der Waals surface area (Å²) in [6.07, 6.45) is 0. The van der Waals surface area contributed by atoms with Crippen LogP contribution in [0.3, 0.4) is 0 Å². The molecule has 0 amide bonds. The fraction of sp³-hybridized carbons (Fsp3) is 0.571. The number of nitrogens with one attached hydrogen (secondary N) is 1. The molecule has 0 aliphatic rings. The van der Waals surface area contributed by atoms with Crippen molar-refractivity contribution in [3.63, 3.8) is 0 Å². The molecule has 0 radical (unpaired) electrons. The van der Waals surface area contributed by atoms with Crippen LogP contribution in [-0.2, 0) is 6.54 Å². The summed E-state index contributed by atoms with van der Waals surface area (Å²) in [5.74, 6) is 0. The van der Waals surface area contributed by atoms with Crippen LogP contribution in [0.1, 0.15) is 25.0 Å². The molecule has 0 aromatic heterocycles. The molecule has 1 aromatic carbocycles. The van der Waals surface area contributed by atoms with Crippen molar-refractivity contribution < 1.29 is 0 Å². The van der Waals surface area contributed by atoms with E-state index in [0.29, 0.717) is 0 Å². The maximum atomic E-state index is 3.49. The number of aryl methyl sites for hydroxylation is 1. The van der Waals surface area contributed by atoms with Gasteiger partial charge in [0, 0.05) is 19.6 Å². The van der Waals surface area contributed by atoms with E-state index in [1.807, 2.05) is 0 Å². The zero-order chi connectivity index (χ0) is 11.8. The van der Waals surface area contributed by atoms with Crippen molar-refractivity contribution >= 4 is 0 Å². The zero-order valence-electron chi connectivity index (χ0n) is 10.8. The molecule has 0 atom stereocenters. The molecule has 0 heterocycles. The highest BCUT2D eigenvalue weighted by Crippen LogP contribution is 2.02. The van der Waals surface area contributed by atoms with Crippen LogP contribution in [0.5, 0.6) is 0 Å². The van der Waals surface area contributed by atoms with Gasteiger partial charge in [-0.3, -0.25) is 0 Å². The Balaban J connectivity index is 2.20. The van der Waals surface area contributed by atoms with Crippen molar-refractivity contribution in [1.82, 2.24) is 10.2 Å². The molecule has 0 aliphatic carbocycles. The second-order valence-corrected chi connectivity index (χ2v) is 4.19. The van der Waals surface area contributed by atoms with E-state index in [-0.39, 0.29) is 0 Å². The van der Waals surface area contributed by atoms with Crippen LogP contribution in [0, 0.1) is 6.92 Å². The molecule has 2 heteroatoms. The fourth-order valence-corrected chi connectivity index (χ4v) is 1.83.